The molecule has 0 aliphatic rings. The number of halogens is 1. The van der Waals surface area contributed by atoms with Crippen LogP contribution in [0.4, 0.5) is 0 Å². The van der Waals surface area contributed by atoms with Gasteiger partial charge < -0.3 is 14.4 Å². The van der Waals surface area contributed by atoms with Crippen LogP contribution in [-0.2, 0) is 14.3 Å². The molecule has 0 fully saturated rings. The largest absolute Gasteiger partial charge is 0.484 e. The summed E-state index contributed by atoms with van der Waals surface area (Å²) in [6, 6.07) is 6.73. The van der Waals surface area contributed by atoms with Gasteiger partial charge >= 0.3 is 5.97 Å². The fourth-order valence-corrected chi connectivity index (χ4v) is 1.70. The Hall–Kier alpha value is -2.01. The lowest BCUT2D eigenvalue weighted by Crippen LogP contribution is -2.36. The van der Waals surface area contributed by atoms with E-state index in [9.17, 15) is 9.59 Å². The number of benzene rings is 1. The second kappa shape index (κ2) is 9.02. The Morgan fingerprint density at radius 2 is 2.00 bits per heavy atom. The van der Waals surface area contributed by atoms with Crippen molar-refractivity contribution >= 4 is 23.5 Å². The Bertz CT molecular complexity index is 487. The highest BCUT2D eigenvalue weighted by atomic mass is 35.5. The molecule has 0 radical (unpaired) electrons. The third kappa shape index (κ3) is 6.31. The molecule has 1 aromatic carbocycles. The van der Waals surface area contributed by atoms with Gasteiger partial charge in [0.25, 0.3) is 5.91 Å². The van der Waals surface area contributed by atoms with Crippen LogP contribution in [0.1, 0.15) is 6.42 Å². The normalized spacial score (nSPS) is 9.81. The van der Waals surface area contributed by atoms with Crippen LogP contribution >= 0.6 is 11.6 Å². The molecule has 21 heavy (non-hydrogen) atoms. The van der Waals surface area contributed by atoms with Gasteiger partial charge in [0, 0.05) is 18.1 Å². The van der Waals surface area contributed by atoms with Crippen molar-refractivity contribution in [2.75, 3.05) is 26.8 Å². The Labute approximate surface area is 129 Å². The first kappa shape index (κ1) is 17.0. The van der Waals surface area contributed by atoms with Crippen molar-refractivity contribution in [3.63, 3.8) is 0 Å². The molecular formula is C15H18ClNO4. The number of carbonyl (C=O) groups excluding carboxylic acids is 2. The average molecular weight is 312 g/mol. The lowest BCUT2D eigenvalue weighted by Gasteiger charge is -2.20. The summed E-state index contributed by atoms with van der Waals surface area (Å²) in [5, 5.41) is 0.597. The molecule has 0 atom stereocenters. The number of esters is 1. The summed E-state index contributed by atoms with van der Waals surface area (Å²) < 4.78 is 9.94. The standard InChI is InChI=1S/C15H18ClNO4/c1-3-9-17(10-8-15(19)20-2)14(18)11-21-13-6-4-12(16)5-7-13/h3-7H,1,8-11H2,2H3. The zero-order valence-electron chi connectivity index (χ0n) is 11.9. The molecule has 0 spiro atoms. The van der Waals surface area contributed by atoms with Gasteiger partial charge in [0.15, 0.2) is 6.61 Å². The van der Waals surface area contributed by atoms with Crippen molar-refractivity contribution in [2.45, 2.75) is 6.42 Å². The molecule has 0 aromatic heterocycles. The van der Waals surface area contributed by atoms with Crippen molar-refractivity contribution in [3.8, 4) is 5.75 Å². The van der Waals surface area contributed by atoms with E-state index in [0.29, 0.717) is 17.3 Å². The molecule has 0 aliphatic heterocycles. The van der Waals surface area contributed by atoms with E-state index in [0.717, 1.165) is 0 Å². The van der Waals surface area contributed by atoms with E-state index < -0.39 is 0 Å². The van der Waals surface area contributed by atoms with Gasteiger partial charge in [0.2, 0.25) is 0 Å². The Morgan fingerprint density at radius 3 is 2.57 bits per heavy atom. The molecule has 1 aromatic rings. The molecule has 5 nitrogen and oxygen atoms in total. The van der Waals surface area contributed by atoms with Crippen molar-refractivity contribution in [1.29, 1.82) is 0 Å². The minimum atomic E-state index is -0.365. The van der Waals surface area contributed by atoms with Gasteiger partial charge in [-0.15, -0.1) is 6.58 Å². The first-order chi connectivity index (χ1) is 10.1. The zero-order chi connectivity index (χ0) is 15.7. The van der Waals surface area contributed by atoms with E-state index in [2.05, 4.69) is 11.3 Å². The number of nitrogens with zero attached hydrogens (tertiary/aromatic N) is 1. The van der Waals surface area contributed by atoms with Crippen LogP contribution in [0.2, 0.25) is 5.02 Å². The number of methoxy groups -OCH3 is 1. The fourth-order valence-electron chi connectivity index (χ4n) is 1.57. The van der Waals surface area contributed by atoms with Gasteiger partial charge in [-0.25, -0.2) is 0 Å². The van der Waals surface area contributed by atoms with Crippen LogP contribution in [0.15, 0.2) is 36.9 Å². The van der Waals surface area contributed by atoms with Gasteiger partial charge in [-0.2, -0.15) is 0 Å². The quantitative estimate of drug-likeness (QED) is 0.546. The highest BCUT2D eigenvalue weighted by Crippen LogP contribution is 2.15. The minimum absolute atomic E-state index is 0.114. The molecule has 0 saturated heterocycles. The van der Waals surface area contributed by atoms with E-state index in [4.69, 9.17) is 16.3 Å². The molecule has 6 heteroatoms. The van der Waals surface area contributed by atoms with Gasteiger partial charge in [-0.1, -0.05) is 17.7 Å². The molecule has 1 rings (SSSR count). The minimum Gasteiger partial charge on any atom is -0.484 e. The lowest BCUT2D eigenvalue weighted by molar-refractivity contribution is -0.142. The molecule has 0 N–H and O–H groups in total. The Balaban J connectivity index is 2.49. The van der Waals surface area contributed by atoms with E-state index in [-0.39, 0.29) is 31.4 Å². The van der Waals surface area contributed by atoms with Crippen molar-refractivity contribution in [2.24, 2.45) is 0 Å². The fraction of sp³-hybridized carbons (Fsp3) is 0.333. The molecule has 114 valence electrons. The van der Waals surface area contributed by atoms with Crippen LogP contribution in [0.5, 0.6) is 5.75 Å². The summed E-state index contributed by atoms with van der Waals surface area (Å²) in [6.07, 6.45) is 1.73. The molecule has 0 aliphatic carbocycles. The number of amides is 1. The van der Waals surface area contributed by atoms with Crippen LogP contribution in [-0.4, -0.2) is 43.6 Å². The predicted molar refractivity (Wildman–Crippen MR) is 80.4 cm³/mol. The third-order valence-corrected chi connectivity index (χ3v) is 2.94. The van der Waals surface area contributed by atoms with Gasteiger partial charge in [0.05, 0.1) is 13.5 Å². The lowest BCUT2D eigenvalue weighted by atomic mass is 10.3. The second-order valence-electron chi connectivity index (χ2n) is 4.20. The van der Waals surface area contributed by atoms with Crippen molar-refractivity contribution in [3.05, 3.63) is 41.9 Å². The first-order valence-corrected chi connectivity index (χ1v) is 6.78. The van der Waals surface area contributed by atoms with E-state index >= 15 is 0 Å². The molecule has 1 amide bonds. The number of carbonyl (C=O) groups is 2. The first-order valence-electron chi connectivity index (χ1n) is 6.40. The summed E-state index contributed by atoms with van der Waals surface area (Å²) in [6.45, 7) is 4.09. The monoisotopic (exact) mass is 311 g/mol. The number of hydrogen-bond acceptors (Lipinski definition) is 4. The van der Waals surface area contributed by atoms with Crippen LogP contribution < -0.4 is 4.74 Å². The molecule has 0 heterocycles. The van der Waals surface area contributed by atoms with E-state index in [1.54, 1.807) is 30.3 Å². The zero-order valence-corrected chi connectivity index (χ0v) is 12.6. The van der Waals surface area contributed by atoms with E-state index in [1.807, 2.05) is 0 Å². The summed E-state index contributed by atoms with van der Waals surface area (Å²) in [5.74, 6) is -0.0384. The summed E-state index contributed by atoms with van der Waals surface area (Å²) in [5.41, 5.74) is 0. The average Bonchev–Trinajstić information content (AvgIpc) is 2.50. The molecule has 0 bridgehead atoms. The Morgan fingerprint density at radius 1 is 1.33 bits per heavy atom. The summed E-state index contributed by atoms with van der Waals surface area (Å²) >= 11 is 5.77. The molecule has 0 saturated carbocycles. The maximum atomic E-state index is 12.0. The summed E-state index contributed by atoms with van der Waals surface area (Å²) in [7, 11) is 1.31. The van der Waals surface area contributed by atoms with Crippen molar-refractivity contribution in [1.82, 2.24) is 4.90 Å². The van der Waals surface area contributed by atoms with Gasteiger partial charge in [-0.05, 0) is 24.3 Å². The Kier molecular flexibility index (Phi) is 7.32. The predicted octanol–water partition coefficient (Wildman–Crippen LogP) is 2.30. The SMILES string of the molecule is C=CCN(CCC(=O)OC)C(=O)COc1ccc(Cl)cc1. The smallest absolute Gasteiger partial charge is 0.307 e. The van der Waals surface area contributed by atoms with Crippen LogP contribution in [0, 0.1) is 0 Å². The number of hydrogen-bond donors (Lipinski definition) is 0. The maximum absolute atomic E-state index is 12.0. The number of ether oxygens (including phenoxy) is 2. The summed E-state index contributed by atoms with van der Waals surface area (Å²) in [4.78, 5) is 24.7. The van der Waals surface area contributed by atoms with Crippen LogP contribution in [0.25, 0.3) is 0 Å². The van der Waals surface area contributed by atoms with Gasteiger partial charge in [0.1, 0.15) is 5.75 Å². The van der Waals surface area contributed by atoms with Gasteiger partial charge in [-0.3, -0.25) is 9.59 Å². The highest BCUT2D eigenvalue weighted by Gasteiger charge is 2.14. The second-order valence-corrected chi connectivity index (χ2v) is 4.63. The maximum Gasteiger partial charge on any atom is 0.307 e. The number of rotatable bonds is 8. The highest BCUT2D eigenvalue weighted by molar-refractivity contribution is 6.30. The topological polar surface area (TPSA) is 55.8 Å². The van der Waals surface area contributed by atoms with Crippen LogP contribution in [0.3, 0.4) is 0 Å². The van der Waals surface area contributed by atoms with Crippen molar-refractivity contribution < 1.29 is 19.1 Å². The molecular weight excluding hydrogens is 294 g/mol. The van der Waals surface area contributed by atoms with E-state index in [1.165, 1.54) is 12.0 Å². The molecule has 0 unspecified atom stereocenters. The third-order valence-electron chi connectivity index (χ3n) is 2.69.